The molecule has 2 heterocycles. The Morgan fingerprint density at radius 2 is 1.96 bits per heavy atom. The molecule has 0 bridgehead atoms. The van der Waals surface area contributed by atoms with Crippen LogP contribution >= 0.6 is 34.5 Å². The van der Waals surface area contributed by atoms with E-state index in [1.54, 1.807) is 36.5 Å². The van der Waals surface area contributed by atoms with Crippen LogP contribution in [0.2, 0.25) is 10.0 Å². The van der Waals surface area contributed by atoms with Crippen LogP contribution in [0, 0.1) is 0 Å². The molecule has 0 aliphatic heterocycles. The van der Waals surface area contributed by atoms with Crippen molar-refractivity contribution in [1.29, 1.82) is 0 Å². The number of halogens is 2. The van der Waals surface area contributed by atoms with Crippen molar-refractivity contribution in [1.82, 2.24) is 4.98 Å². The van der Waals surface area contributed by atoms with Crippen LogP contribution in [0.4, 0.5) is 17.2 Å². The first-order valence-electron chi connectivity index (χ1n) is 6.65. The Morgan fingerprint density at radius 1 is 1.09 bits per heavy atom. The number of hydrogen-bond acceptors (Lipinski definition) is 4. The number of hydrogen-bond donors (Lipinski definition) is 2. The number of pyridine rings is 1. The number of thiophene rings is 1. The highest BCUT2D eigenvalue weighted by Gasteiger charge is 2.08. The molecule has 4 nitrogen and oxygen atoms in total. The molecular weight excluding hydrogens is 353 g/mol. The lowest BCUT2D eigenvalue weighted by molar-refractivity contribution is 0.103. The number of amides is 1. The number of carbonyl (C=O) groups excluding carboxylic acids is 1. The second-order valence-electron chi connectivity index (χ2n) is 4.59. The predicted molar refractivity (Wildman–Crippen MR) is 96.3 cm³/mol. The number of nitrogens with zero attached hydrogens (tertiary/aromatic N) is 1. The Balaban J connectivity index is 1.70. The first-order valence-corrected chi connectivity index (χ1v) is 8.29. The highest BCUT2D eigenvalue weighted by atomic mass is 35.5. The minimum absolute atomic E-state index is 0.175. The van der Waals surface area contributed by atoms with Gasteiger partial charge in [-0.25, -0.2) is 4.98 Å². The molecule has 0 saturated heterocycles. The molecule has 0 aliphatic rings. The van der Waals surface area contributed by atoms with Gasteiger partial charge in [0.2, 0.25) is 0 Å². The van der Waals surface area contributed by atoms with Gasteiger partial charge in [-0.1, -0.05) is 35.3 Å². The molecule has 7 heteroatoms. The van der Waals surface area contributed by atoms with Crippen molar-refractivity contribution in [2.45, 2.75) is 0 Å². The van der Waals surface area contributed by atoms with Crippen LogP contribution in [0.25, 0.3) is 0 Å². The third-order valence-corrected chi connectivity index (χ3v) is 4.67. The van der Waals surface area contributed by atoms with Crippen molar-refractivity contribution in [2.24, 2.45) is 0 Å². The normalized spacial score (nSPS) is 10.3. The highest BCUT2D eigenvalue weighted by molar-refractivity contribution is 7.12. The van der Waals surface area contributed by atoms with Gasteiger partial charge in [-0.3, -0.25) is 4.79 Å². The summed E-state index contributed by atoms with van der Waals surface area (Å²) in [5, 5.41) is 8.65. The van der Waals surface area contributed by atoms with Crippen LogP contribution in [0.3, 0.4) is 0 Å². The van der Waals surface area contributed by atoms with Crippen LogP contribution < -0.4 is 10.6 Å². The van der Waals surface area contributed by atoms with Gasteiger partial charge in [-0.2, -0.15) is 0 Å². The average molecular weight is 364 g/mol. The Labute approximate surface area is 147 Å². The van der Waals surface area contributed by atoms with Crippen LogP contribution in [0.5, 0.6) is 0 Å². The van der Waals surface area contributed by atoms with Crippen LogP contribution in [-0.2, 0) is 0 Å². The minimum atomic E-state index is -0.175. The van der Waals surface area contributed by atoms with Crippen molar-refractivity contribution < 1.29 is 4.79 Å². The minimum Gasteiger partial charge on any atom is -0.353 e. The van der Waals surface area contributed by atoms with E-state index < -0.39 is 0 Å². The molecule has 2 N–H and O–H groups in total. The highest BCUT2D eigenvalue weighted by Crippen LogP contribution is 2.31. The summed E-state index contributed by atoms with van der Waals surface area (Å²) in [6.07, 6.45) is 1.61. The van der Waals surface area contributed by atoms with Gasteiger partial charge in [0.05, 0.1) is 32.5 Å². The molecule has 1 aromatic carbocycles. The van der Waals surface area contributed by atoms with E-state index in [1.807, 2.05) is 17.5 Å². The molecular formula is C16H11Cl2N3OS. The van der Waals surface area contributed by atoms with Gasteiger partial charge in [0.15, 0.2) is 0 Å². The maximum Gasteiger partial charge on any atom is 0.266 e. The first-order chi connectivity index (χ1) is 11.1. The lowest BCUT2D eigenvalue weighted by Gasteiger charge is -2.09. The molecule has 116 valence electrons. The number of anilines is 3. The largest absolute Gasteiger partial charge is 0.353 e. The van der Waals surface area contributed by atoms with E-state index in [0.717, 1.165) is 5.69 Å². The fraction of sp³-hybridized carbons (Fsp3) is 0. The predicted octanol–water partition coefficient (Wildman–Crippen LogP) is 5.45. The molecule has 0 unspecified atom stereocenters. The molecule has 0 aliphatic carbocycles. The third kappa shape index (κ3) is 3.82. The Kier molecular flexibility index (Phi) is 4.81. The molecule has 0 radical (unpaired) electrons. The summed E-state index contributed by atoms with van der Waals surface area (Å²) in [6.45, 7) is 0. The summed E-state index contributed by atoms with van der Waals surface area (Å²) < 4.78 is 0. The molecule has 3 aromatic rings. The molecule has 0 spiro atoms. The van der Waals surface area contributed by atoms with Gasteiger partial charge in [-0.05, 0) is 35.7 Å². The number of rotatable bonds is 4. The second-order valence-corrected chi connectivity index (χ2v) is 6.32. The smallest absolute Gasteiger partial charge is 0.266 e. The maximum atomic E-state index is 11.9. The molecule has 23 heavy (non-hydrogen) atoms. The van der Waals surface area contributed by atoms with Gasteiger partial charge in [0, 0.05) is 0 Å². The topological polar surface area (TPSA) is 54.0 Å². The molecule has 0 atom stereocenters. The van der Waals surface area contributed by atoms with E-state index in [9.17, 15) is 4.79 Å². The first kappa shape index (κ1) is 15.8. The van der Waals surface area contributed by atoms with Gasteiger partial charge >= 0.3 is 0 Å². The zero-order valence-electron chi connectivity index (χ0n) is 11.7. The zero-order valence-corrected chi connectivity index (χ0v) is 14.0. The van der Waals surface area contributed by atoms with E-state index in [0.29, 0.717) is 26.4 Å². The summed E-state index contributed by atoms with van der Waals surface area (Å²) in [5.74, 6) is 0.303. The van der Waals surface area contributed by atoms with E-state index >= 15 is 0 Å². The van der Waals surface area contributed by atoms with Crippen LogP contribution in [-0.4, -0.2) is 10.9 Å². The van der Waals surface area contributed by atoms with Gasteiger partial charge < -0.3 is 10.6 Å². The summed E-state index contributed by atoms with van der Waals surface area (Å²) in [6, 6.07) is 12.4. The van der Waals surface area contributed by atoms with Crippen LogP contribution in [0.1, 0.15) is 9.67 Å². The van der Waals surface area contributed by atoms with E-state index in [-0.39, 0.29) is 5.91 Å². The van der Waals surface area contributed by atoms with E-state index in [2.05, 4.69) is 15.6 Å². The van der Waals surface area contributed by atoms with Gasteiger partial charge in [-0.15, -0.1) is 11.3 Å². The van der Waals surface area contributed by atoms with Gasteiger partial charge in [0.1, 0.15) is 5.82 Å². The van der Waals surface area contributed by atoms with E-state index in [4.69, 9.17) is 23.2 Å². The Bertz CT molecular complexity index is 820. The molecule has 3 rings (SSSR count). The lowest BCUT2D eigenvalue weighted by atomic mass is 10.3. The summed E-state index contributed by atoms with van der Waals surface area (Å²) >= 11 is 13.5. The molecule has 0 saturated carbocycles. The SMILES string of the molecule is O=C(Nc1ccc(Nc2cccc(Cl)c2Cl)cn1)c1cccs1. The standard InChI is InChI=1S/C16H11Cl2N3OS/c17-11-3-1-4-12(15(11)18)20-10-6-7-14(19-9-10)21-16(22)13-5-2-8-23-13/h1-9,20H,(H,19,21,22). The van der Waals surface area contributed by atoms with Crippen molar-refractivity contribution in [3.05, 3.63) is 69.0 Å². The maximum absolute atomic E-state index is 11.9. The van der Waals surface area contributed by atoms with Crippen molar-refractivity contribution in [2.75, 3.05) is 10.6 Å². The number of carbonyl (C=O) groups is 1. The van der Waals surface area contributed by atoms with Crippen molar-refractivity contribution in [3.8, 4) is 0 Å². The Morgan fingerprint density at radius 3 is 2.65 bits per heavy atom. The summed E-state index contributed by atoms with van der Waals surface area (Å²) in [7, 11) is 0. The van der Waals surface area contributed by atoms with Crippen LogP contribution in [0.15, 0.2) is 54.0 Å². The number of nitrogens with one attached hydrogen (secondary N) is 2. The zero-order chi connectivity index (χ0) is 16.2. The van der Waals surface area contributed by atoms with E-state index in [1.165, 1.54) is 11.3 Å². The summed E-state index contributed by atoms with van der Waals surface area (Å²) in [5.41, 5.74) is 1.43. The molecule has 1 amide bonds. The fourth-order valence-corrected chi connectivity index (χ4v) is 2.85. The summed E-state index contributed by atoms with van der Waals surface area (Å²) in [4.78, 5) is 16.8. The number of benzene rings is 1. The van der Waals surface area contributed by atoms with Crippen molar-refractivity contribution >= 4 is 57.6 Å². The lowest BCUT2D eigenvalue weighted by Crippen LogP contribution is -2.11. The molecule has 2 aromatic heterocycles. The van der Waals surface area contributed by atoms with Crippen molar-refractivity contribution in [3.63, 3.8) is 0 Å². The fourth-order valence-electron chi connectivity index (χ4n) is 1.88. The van der Waals surface area contributed by atoms with Gasteiger partial charge in [0.25, 0.3) is 5.91 Å². The second kappa shape index (κ2) is 7.00. The molecule has 0 fully saturated rings. The quantitative estimate of drug-likeness (QED) is 0.648. The third-order valence-electron chi connectivity index (χ3n) is 2.98. The number of aromatic nitrogens is 1. The monoisotopic (exact) mass is 363 g/mol. The Hall–Kier alpha value is -2.08. The average Bonchev–Trinajstić information content (AvgIpc) is 3.08.